The summed E-state index contributed by atoms with van der Waals surface area (Å²) < 4.78 is 13.1. The summed E-state index contributed by atoms with van der Waals surface area (Å²) in [6.45, 7) is 1.88. The van der Waals surface area contributed by atoms with E-state index >= 15 is 0 Å². The van der Waals surface area contributed by atoms with Crippen molar-refractivity contribution >= 4 is 16.7 Å². The van der Waals surface area contributed by atoms with E-state index in [-0.39, 0.29) is 5.82 Å². The number of anilines is 1. The lowest BCUT2D eigenvalue weighted by Crippen LogP contribution is -2.04. The van der Waals surface area contributed by atoms with Gasteiger partial charge in [0.25, 0.3) is 0 Å². The largest absolute Gasteiger partial charge is 0.383 e. The van der Waals surface area contributed by atoms with Crippen molar-refractivity contribution in [2.24, 2.45) is 0 Å². The number of pyridine rings is 1. The zero-order valence-corrected chi connectivity index (χ0v) is 14.0. The van der Waals surface area contributed by atoms with E-state index in [9.17, 15) is 4.39 Å². The van der Waals surface area contributed by atoms with Crippen molar-refractivity contribution in [1.29, 1.82) is 0 Å². The van der Waals surface area contributed by atoms with Gasteiger partial charge in [0, 0.05) is 10.9 Å². The zero-order valence-electron chi connectivity index (χ0n) is 14.0. The minimum Gasteiger partial charge on any atom is -0.383 e. The van der Waals surface area contributed by atoms with Crippen LogP contribution in [-0.2, 0) is 6.42 Å². The highest BCUT2D eigenvalue weighted by molar-refractivity contribution is 5.90. The van der Waals surface area contributed by atoms with Crippen LogP contribution in [0.4, 0.5) is 10.2 Å². The molecule has 0 fully saturated rings. The second-order valence-corrected chi connectivity index (χ2v) is 5.96. The van der Waals surface area contributed by atoms with E-state index in [0.29, 0.717) is 34.7 Å². The number of aryl methyl sites for hydroxylation is 1. The number of benzene rings is 1. The number of nitrogens with two attached hydrogens (primary N) is 1. The Hall–Kier alpha value is -3.48. The first-order valence-corrected chi connectivity index (χ1v) is 8.06. The molecule has 7 heteroatoms. The third kappa shape index (κ3) is 3.19. The van der Waals surface area contributed by atoms with Crippen LogP contribution in [0.2, 0.25) is 0 Å². The zero-order chi connectivity index (χ0) is 18.1. The average Bonchev–Trinajstić information content (AvgIpc) is 2.64. The van der Waals surface area contributed by atoms with E-state index in [1.165, 1.54) is 12.1 Å². The molecule has 0 atom stereocenters. The number of fused-ring (bicyclic) bond motifs is 1. The Morgan fingerprint density at radius 2 is 1.81 bits per heavy atom. The van der Waals surface area contributed by atoms with E-state index in [1.807, 2.05) is 25.1 Å². The summed E-state index contributed by atoms with van der Waals surface area (Å²) in [5.41, 5.74) is 9.89. The highest BCUT2D eigenvalue weighted by atomic mass is 19.1. The normalized spacial score (nSPS) is 11.0. The smallest absolute Gasteiger partial charge is 0.137 e. The Morgan fingerprint density at radius 1 is 1.00 bits per heavy atom. The Bertz CT molecular complexity index is 1080. The van der Waals surface area contributed by atoms with E-state index in [1.54, 1.807) is 18.3 Å². The van der Waals surface area contributed by atoms with Gasteiger partial charge in [0.2, 0.25) is 0 Å². The van der Waals surface area contributed by atoms with Crippen molar-refractivity contribution < 1.29 is 4.39 Å². The molecule has 0 radical (unpaired) electrons. The fourth-order valence-electron chi connectivity index (χ4n) is 2.65. The van der Waals surface area contributed by atoms with Gasteiger partial charge in [-0.25, -0.2) is 14.4 Å². The van der Waals surface area contributed by atoms with Crippen molar-refractivity contribution in [3.8, 4) is 11.3 Å². The second kappa shape index (κ2) is 6.44. The number of aromatic nitrogens is 5. The maximum atomic E-state index is 13.1. The third-order valence-corrected chi connectivity index (χ3v) is 3.99. The van der Waals surface area contributed by atoms with Gasteiger partial charge in [0.05, 0.1) is 35.2 Å². The summed E-state index contributed by atoms with van der Waals surface area (Å²) >= 11 is 0. The van der Waals surface area contributed by atoms with Gasteiger partial charge in [-0.15, -0.1) is 0 Å². The van der Waals surface area contributed by atoms with Gasteiger partial charge in [-0.1, -0.05) is 0 Å². The van der Waals surface area contributed by atoms with Crippen molar-refractivity contribution in [2.75, 3.05) is 5.73 Å². The summed E-state index contributed by atoms with van der Waals surface area (Å²) in [6, 6.07) is 11.7. The first kappa shape index (κ1) is 16.0. The predicted octanol–water partition coefficient (Wildman–Crippen LogP) is 3.10. The number of hydrogen-bond acceptors (Lipinski definition) is 6. The molecule has 4 rings (SSSR count). The molecule has 0 saturated heterocycles. The van der Waals surface area contributed by atoms with Gasteiger partial charge in [0.15, 0.2) is 0 Å². The van der Waals surface area contributed by atoms with Crippen molar-refractivity contribution in [3.05, 3.63) is 71.7 Å². The molecule has 0 aliphatic heterocycles. The van der Waals surface area contributed by atoms with Gasteiger partial charge in [-0.3, -0.25) is 4.98 Å². The van der Waals surface area contributed by atoms with Crippen molar-refractivity contribution in [3.63, 3.8) is 0 Å². The fourth-order valence-corrected chi connectivity index (χ4v) is 2.65. The Labute approximate surface area is 149 Å². The molecule has 0 aliphatic carbocycles. The maximum absolute atomic E-state index is 13.1. The minimum absolute atomic E-state index is 0.291. The molecule has 128 valence electrons. The molecule has 0 unspecified atom stereocenters. The molecule has 0 saturated carbocycles. The SMILES string of the molecule is Cc1ccc(Cc2nc(N)c3cc(-c4ccc(F)cc4)ncc3n2)nn1. The van der Waals surface area contributed by atoms with Gasteiger partial charge >= 0.3 is 0 Å². The molecule has 0 amide bonds. The quantitative estimate of drug-likeness (QED) is 0.613. The van der Waals surface area contributed by atoms with Crippen LogP contribution in [-0.4, -0.2) is 25.1 Å². The van der Waals surface area contributed by atoms with E-state index < -0.39 is 0 Å². The fraction of sp³-hybridized carbons (Fsp3) is 0.105. The minimum atomic E-state index is -0.291. The highest BCUT2D eigenvalue weighted by Crippen LogP contribution is 2.24. The second-order valence-electron chi connectivity index (χ2n) is 5.96. The van der Waals surface area contributed by atoms with Gasteiger partial charge < -0.3 is 5.73 Å². The molecule has 0 aliphatic rings. The van der Waals surface area contributed by atoms with Crippen LogP contribution in [0, 0.1) is 12.7 Å². The van der Waals surface area contributed by atoms with Crippen LogP contribution < -0.4 is 5.73 Å². The first-order chi connectivity index (χ1) is 12.6. The number of rotatable bonds is 3. The van der Waals surface area contributed by atoms with Crippen molar-refractivity contribution in [2.45, 2.75) is 13.3 Å². The average molecular weight is 346 g/mol. The molecule has 2 N–H and O–H groups in total. The molecule has 26 heavy (non-hydrogen) atoms. The molecule has 1 aromatic carbocycles. The lowest BCUT2D eigenvalue weighted by atomic mass is 10.1. The van der Waals surface area contributed by atoms with E-state index in [4.69, 9.17) is 5.73 Å². The topological polar surface area (TPSA) is 90.5 Å². The molecule has 6 nitrogen and oxygen atoms in total. The number of nitrogens with zero attached hydrogens (tertiary/aromatic N) is 5. The van der Waals surface area contributed by atoms with Crippen LogP contribution >= 0.6 is 0 Å². The van der Waals surface area contributed by atoms with E-state index in [2.05, 4.69) is 25.1 Å². The van der Waals surface area contributed by atoms with E-state index in [0.717, 1.165) is 17.0 Å². The standard InChI is InChI=1S/C19H15FN6/c1-11-2-7-14(26-25-11)8-18-23-17-10-22-16(9-15(17)19(21)24-18)12-3-5-13(20)6-4-12/h2-7,9-10H,8H2,1H3,(H2,21,23,24). The summed E-state index contributed by atoms with van der Waals surface area (Å²) in [5.74, 6) is 0.640. The Kier molecular flexibility index (Phi) is 3.96. The summed E-state index contributed by atoms with van der Waals surface area (Å²) in [5, 5.41) is 8.87. The molecule has 0 bridgehead atoms. The van der Waals surface area contributed by atoms with Crippen molar-refractivity contribution in [1.82, 2.24) is 25.1 Å². The molecule has 3 aromatic heterocycles. The van der Waals surface area contributed by atoms with Crippen LogP contribution in [0.5, 0.6) is 0 Å². The molecule has 4 aromatic rings. The third-order valence-electron chi connectivity index (χ3n) is 3.99. The highest BCUT2D eigenvalue weighted by Gasteiger charge is 2.10. The van der Waals surface area contributed by atoms with Crippen LogP contribution in [0.25, 0.3) is 22.2 Å². The number of halogens is 1. The van der Waals surface area contributed by atoms with Gasteiger partial charge in [-0.2, -0.15) is 10.2 Å². The monoisotopic (exact) mass is 346 g/mol. The number of nitrogen functional groups attached to an aromatic ring is 1. The van der Waals surface area contributed by atoms with Crippen LogP contribution in [0.1, 0.15) is 17.2 Å². The Morgan fingerprint density at radius 3 is 2.54 bits per heavy atom. The Balaban J connectivity index is 1.70. The summed E-state index contributed by atoms with van der Waals surface area (Å²) in [6.07, 6.45) is 2.09. The van der Waals surface area contributed by atoms with Crippen LogP contribution in [0.15, 0.2) is 48.7 Å². The summed E-state index contributed by atoms with van der Waals surface area (Å²) in [4.78, 5) is 13.3. The summed E-state index contributed by atoms with van der Waals surface area (Å²) in [7, 11) is 0. The molecular weight excluding hydrogens is 331 g/mol. The lowest BCUT2D eigenvalue weighted by Gasteiger charge is -2.07. The van der Waals surface area contributed by atoms with Gasteiger partial charge in [-0.05, 0) is 49.4 Å². The van der Waals surface area contributed by atoms with Crippen LogP contribution in [0.3, 0.4) is 0 Å². The first-order valence-electron chi connectivity index (χ1n) is 8.06. The lowest BCUT2D eigenvalue weighted by molar-refractivity contribution is 0.628. The predicted molar refractivity (Wildman–Crippen MR) is 96.7 cm³/mol. The molecule has 3 heterocycles. The molecular formula is C19H15FN6. The van der Waals surface area contributed by atoms with Gasteiger partial charge in [0.1, 0.15) is 17.5 Å². The number of hydrogen-bond donors (Lipinski definition) is 1. The maximum Gasteiger partial charge on any atom is 0.137 e. The molecule has 0 spiro atoms.